The average Bonchev–Trinajstić information content (AvgIpc) is 2.49. The Hall–Kier alpha value is -0.860. The normalized spacial score (nSPS) is 11.0. The number of benzene rings is 1. The summed E-state index contributed by atoms with van der Waals surface area (Å²) in [6.45, 7) is 14.5. The van der Waals surface area contributed by atoms with Crippen LogP contribution >= 0.6 is 0 Å². The molecule has 1 rings (SSSR count). The minimum Gasteiger partial charge on any atom is -0.327 e. The first-order chi connectivity index (χ1) is 9.68. The van der Waals surface area contributed by atoms with Gasteiger partial charge in [0.2, 0.25) is 0 Å². The monoisotopic (exact) mass is 280 g/mol. The van der Waals surface area contributed by atoms with E-state index in [1.807, 2.05) is 33.8 Å². The second kappa shape index (κ2) is 16.2. The van der Waals surface area contributed by atoms with Gasteiger partial charge in [-0.3, -0.25) is 0 Å². The number of nitrogens with one attached hydrogen (secondary N) is 1. The van der Waals surface area contributed by atoms with Crippen molar-refractivity contribution in [2.45, 2.75) is 60.4 Å². The fourth-order valence-electron chi connectivity index (χ4n) is 1.70. The number of rotatable bonds is 7. The molecular weight excluding hydrogens is 244 g/mol. The number of nitrogens with two attached hydrogens (primary N) is 1. The minimum atomic E-state index is 0.266. The summed E-state index contributed by atoms with van der Waals surface area (Å²) in [4.78, 5) is 0. The zero-order valence-corrected chi connectivity index (χ0v) is 14.4. The second-order valence-corrected chi connectivity index (χ2v) is 4.84. The van der Waals surface area contributed by atoms with Crippen molar-refractivity contribution in [3.8, 4) is 0 Å². The summed E-state index contributed by atoms with van der Waals surface area (Å²) in [5.41, 5.74) is 7.41. The van der Waals surface area contributed by atoms with Gasteiger partial charge in [-0.1, -0.05) is 71.9 Å². The molecule has 2 heteroatoms. The van der Waals surface area contributed by atoms with E-state index < -0.39 is 0 Å². The van der Waals surface area contributed by atoms with Crippen LogP contribution in [-0.2, 0) is 6.42 Å². The van der Waals surface area contributed by atoms with Gasteiger partial charge in [0.25, 0.3) is 0 Å². The van der Waals surface area contributed by atoms with Crippen LogP contribution in [0.25, 0.3) is 0 Å². The Morgan fingerprint density at radius 2 is 1.55 bits per heavy atom. The van der Waals surface area contributed by atoms with Crippen LogP contribution in [0.4, 0.5) is 0 Å². The van der Waals surface area contributed by atoms with Gasteiger partial charge in [0.05, 0.1) is 0 Å². The lowest BCUT2D eigenvalue weighted by Crippen LogP contribution is -2.30. The van der Waals surface area contributed by atoms with E-state index in [9.17, 15) is 0 Å². The Labute approximate surface area is 127 Å². The highest BCUT2D eigenvalue weighted by Crippen LogP contribution is 2.03. The third-order valence-electron chi connectivity index (χ3n) is 2.59. The van der Waals surface area contributed by atoms with Gasteiger partial charge < -0.3 is 11.1 Å². The van der Waals surface area contributed by atoms with Crippen molar-refractivity contribution in [3.05, 3.63) is 35.9 Å². The molecule has 20 heavy (non-hydrogen) atoms. The first kappa shape index (κ1) is 21.4. The van der Waals surface area contributed by atoms with Gasteiger partial charge in [-0.25, -0.2) is 0 Å². The number of hydrogen-bond acceptors (Lipinski definition) is 2. The van der Waals surface area contributed by atoms with E-state index >= 15 is 0 Å². The average molecular weight is 280 g/mol. The van der Waals surface area contributed by atoms with Crippen LogP contribution in [0.15, 0.2) is 30.3 Å². The van der Waals surface area contributed by atoms with Crippen molar-refractivity contribution in [2.24, 2.45) is 11.7 Å². The summed E-state index contributed by atoms with van der Waals surface area (Å²) in [7, 11) is 0. The minimum absolute atomic E-state index is 0.266. The molecule has 0 saturated heterocycles. The van der Waals surface area contributed by atoms with Crippen LogP contribution in [0.3, 0.4) is 0 Å². The Balaban J connectivity index is 0. The lowest BCUT2D eigenvalue weighted by Gasteiger charge is -2.13. The molecule has 0 aliphatic heterocycles. The van der Waals surface area contributed by atoms with Crippen molar-refractivity contribution >= 4 is 0 Å². The van der Waals surface area contributed by atoms with Crippen molar-refractivity contribution < 1.29 is 0 Å². The summed E-state index contributed by atoms with van der Waals surface area (Å²) in [6, 6.07) is 10.7. The van der Waals surface area contributed by atoms with E-state index in [1.54, 1.807) is 0 Å². The van der Waals surface area contributed by atoms with Gasteiger partial charge in [0.1, 0.15) is 0 Å². The highest BCUT2D eigenvalue weighted by molar-refractivity contribution is 5.15. The van der Waals surface area contributed by atoms with Crippen LogP contribution in [0.5, 0.6) is 0 Å². The van der Waals surface area contributed by atoms with Gasteiger partial charge in [-0.05, 0) is 37.4 Å². The molecule has 0 saturated carbocycles. The zero-order chi connectivity index (χ0) is 15.8. The molecule has 1 unspecified atom stereocenters. The topological polar surface area (TPSA) is 38.0 Å². The molecule has 0 amide bonds. The first-order valence-corrected chi connectivity index (χ1v) is 8.18. The van der Waals surface area contributed by atoms with Crippen molar-refractivity contribution in [2.75, 3.05) is 13.1 Å². The molecule has 2 nitrogen and oxygen atoms in total. The molecule has 0 radical (unpaired) electrons. The molecule has 0 spiro atoms. The molecule has 0 aliphatic rings. The van der Waals surface area contributed by atoms with Crippen LogP contribution in [-0.4, -0.2) is 19.1 Å². The summed E-state index contributed by atoms with van der Waals surface area (Å²) >= 11 is 0. The Kier molecular flexibility index (Phi) is 17.4. The summed E-state index contributed by atoms with van der Waals surface area (Å²) in [5, 5.41) is 3.42. The highest BCUT2D eigenvalue weighted by Gasteiger charge is 2.03. The van der Waals surface area contributed by atoms with Gasteiger partial charge in [-0.2, -0.15) is 0 Å². The highest BCUT2D eigenvalue weighted by atomic mass is 14.9. The molecule has 0 bridgehead atoms. The van der Waals surface area contributed by atoms with Gasteiger partial charge in [0.15, 0.2) is 0 Å². The maximum Gasteiger partial charge on any atom is 0.00914 e. The molecule has 0 aliphatic carbocycles. The fraction of sp³-hybridized carbons (Fsp3) is 0.667. The van der Waals surface area contributed by atoms with Gasteiger partial charge in [-0.15, -0.1) is 0 Å². The molecule has 0 heterocycles. The summed E-state index contributed by atoms with van der Waals surface area (Å²) < 4.78 is 0. The van der Waals surface area contributed by atoms with E-state index in [0.717, 1.165) is 25.9 Å². The second-order valence-electron chi connectivity index (χ2n) is 4.84. The lowest BCUT2D eigenvalue weighted by atomic mass is 10.0. The van der Waals surface area contributed by atoms with Crippen LogP contribution in [0, 0.1) is 5.92 Å². The van der Waals surface area contributed by atoms with E-state index in [1.165, 1.54) is 5.56 Å². The van der Waals surface area contributed by atoms with Gasteiger partial charge >= 0.3 is 0 Å². The van der Waals surface area contributed by atoms with E-state index in [4.69, 9.17) is 5.73 Å². The molecule has 0 aromatic heterocycles. The largest absolute Gasteiger partial charge is 0.327 e. The van der Waals surface area contributed by atoms with Crippen molar-refractivity contribution in [3.63, 3.8) is 0 Å². The molecule has 118 valence electrons. The van der Waals surface area contributed by atoms with Gasteiger partial charge in [0, 0.05) is 6.04 Å². The van der Waals surface area contributed by atoms with E-state index in [-0.39, 0.29) is 6.04 Å². The summed E-state index contributed by atoms with van der Waals surface area (Å²) in [6.07, 6.45) is 2.02. The van der Waals surface area contributed by atoms with Crippen molar-refractivity contribution in [1.29, 1.82) is 0 Å². The first-order valence-electron chi connectivity index (χ1n) is 8.18. The Morgan fingerprint density at radius 3 is 2.05 bits per heavy atom. The maximum atomic E-state index is 6.08. The predicted octanol–water partition coefficient (Wildman–Crippen LogP) is 4.24. The fourth-order valence-corrected chi connectivity index (χ4v) is 1.70. The van der Waals surface area contributed by atoms with E-state index in [2.05, 4.69) is 43.4 Å². The molecule has 1 aromatic rings. The predicted molar refractivity (Wildman–Crippen MR) is 93.1 cm³/mol. The number of hydrogen-bond donors (Lipinski definition) is 2. The Bertz CT molecular complexity index is 270. The van der Waals surface area contributed by atoms with Crippen LogP contribution < -0.4 is 11.1 Å². The van der Waals surface area contributed by atoms with E-state index in [0.29, 0.717) is 5.92 Å². The third-order valence-corrected chi connectivity index (χ3v) is 2.59. The lowest BCUT2D eigenvalue weighted by molar-refractivity contribution is 0.511. The smallest absolute Gasteiger partial charge is 0.00914 e. The molecule has 1 atom stereocenters. The van der Waals surface area contributed by atoms with Crippen molar-refractivity contribution in [1.82, 2.24) is 5.32 Å². The van der Waals surface area contributed by atoms with Crippen LogP contribution in [0.2, 0.25) is 0 Å². The van der Waals surface area contributed by atoms with Crippen LogP contribution in [0.1, 0.15) is 53.5 Å². The SMILES string of the molecule is CC.CC.CC(C)CNCCC(N)Cc1ccccc1. The Morgan fingerprint density at radius 1 is 1.00 bits per heavy atom. The third kappa shape index (κ3) is 13.6. The molecule has 0 fully saturated rings. The molecule has 3 N–H and O–H groups in total. The quantitative estimate of drug-likeness (QED) is 0.733. The molecular formula is C18H36N2. The maximum absolute atomic E-state index is 6.08. The zero-order valence-electron chi connectivity index (χ0n) is 14.4. The summed E-state index contributed by atoms with van der Waals surface area (Å²) in [5.74, 6) is 0.713. The standard InChI is InChI=1S/C14H24N2.2C2H6/c1-12(2)11-16-9-8-14(15)10-13-6-4-3-5-7-13;2*1-2/h3-7,12,14,16H,8-11,15H2,1-2H3;2*1-2H3. The molecule has 1 aromatic carbocycles.